The first kappa shape index (κ1) is 19.2. The summed E-state index contributed by atoms with van der Waals surface area (Å²) in [6.07, 6.45) is 2.02. The summed E-state index contributed by atoms with van der Waals surface area (Å²) < 4.78 is 0. The zero-order valence-corrected chi connectivity index (χ0v) is 16.3. The molecule has 144 valence electrons. The predicted octanol–water partition coefficient (Wildman–Crippen LogP) is 8.38. The first-order chi connectivity index (χ1) is 14.9. The van der Waals surface area contributed by atoms with Gasteiger partial charge in [0.1, 0.15) is 0 Å². The molecule has 4 aromatic carbocycles. The zero-order chi connectivity index (χ0) is 20.4. The Bertz CT molecular complexity index is 1150. The molecule has 0 bridgehead atoms. The van der Waals surface area contributed by atoms with Gasteiger partial charge < -0.3 is 0 Å². The molecule has 0 heterocycles. The molecule has 0 spiro atoms. The van der Waals surface area contributed by atoms with E-state index >= 15 is 0 Å². The van der Waals surface area contributed by atoms with Crippen LogP contribution in [-0.4, -0.2) is 0 Å². The van der Waals surface area contributed by atoms with Crippen LogP contribution in [0.1, 0.15) is 11.1 Å². The van der Waals surface area contributed by atoms with Gasteiger partial charge in [0, 0.05) is 5.56 Å². The molecule has 0 atom stereocenters. The van der Waals surface area contributed by atoms with Crippen molar-refractivity contribution in [2.45, 2.75) is 0 Å². The smallest absolute Gasteiger partial charge is 0.0935 e. The lowest BCUT2D eigenvalue weighted by Crippen LogP contribution is -1.81. The Balaban J connectivity index is 1.61. The van der Waals surface area contributed by atoms with Crippen molar-refractivity contribution in [2.24, 2.45) is 20.5 Å². The standard InChI is InChI=1S/C26H20N4/c1-4-10-21(11-5-1)20-26(30-29-24-14-8-3-9-15-24)22-16-18-25(19-17-22)28-27-23-12-6-2-7-13-23/h1-20H/b26-20-,28-27+,30-29+. The molecule has 0 amide bonds. The minimum absolute atomic E-state index is 0.775. The maximum absolute atomic E-state index is 4.51. The van der Waals surface area contributed by atoms with E-state index in [1.54, 1.807) is 0 Å². The number of benzene rings is 4. The Hall–Kier alpha value is -4.18. The van der Waals surface area contributed by atoms with Crippen LogP contribution in [0.25, 0.3) is 11.8 Å². The van der Waals surface area contributed by atoms with E-state index in [-0.39, 0.29) is 0 Å². The highest BCUT2D eigenvalue weighted by atomic mass is 15.1. The molecule has 4 heteroatoms. The maximum Gasteiger partial charge on any atom is 0.0935 e. The second-order valence-corrected chi connectivity index (χ2v) is 6.56. The molecule has 0 aliphatic rings. The molecule has 0 saturated heterocycles. The van der Waals surface area contributed by atoms with Crippen LogP contribution < -0.4 is 0 Å². The van der Waals surface area contributed by atoms with Crippen molar-refractivity contribution in [3.63, 3.8) is 0 Å². The van der Waals surface area contributed by atoms with Gasteiger partial charge in [-0.2, -0.15) is 15.3 Å². The van der Waals surface area contributed by atoms with Crippen molar-refractivity contribution in [3.05, 3.63) is 126 Å². The van der Waals surface area contributed by atoms with Gasteiger partial charge in [-0.05, 0) is 48.0 Å². The lowest BCUT2D eigenvalue weighted by molar-refractivity contribution is 1.22. The molecule has 4 rings (SSSR count). The van der Waals surface area contributed by atoms with Gasteiger partial charge in [-0.1, -0.05) is 78.9 Å². The van der Waals surface area contributed by atoms with Crippen LogP contribution in [0.15, 0.2) is 136 Å². The van der Waals surface area contributed by atoms with E-state index in [1.165, 1.54) is 0 Å². The molecule has 0 N–H and O–H groups in total. The summed E-state index contributed by atoms with van der Waals surface area (Å²) in [7, 11) is 0. The topological polar surface area (TPSA) is 49.4 Å². The quantitative estimate of drug-likeness (QED) is 0.235. The third kappa shape index (κ3) is 5.42. The molecule has 30 heavy (non-hydrogen) atoms. The van der Waals surface area contributed by atoms with E-state index in [0.29, 0.717) is 0 Å². The van der Waals surface area contributed by atoms with Gasteiger partial charge in [0.25, 0.3) is 0 Å². The molecule has 0 aromatic heterocycles. The fourth-order valence-corrected chi connectivity index (χ4v) is 2.79. The first-order valence-corrected chi connectivity index (χ1v) is 9.68. The molecule has 0 fully saturated rings. The van der Waals surface area contributed by atoms with Gasteiger partial charge >= 0.3 is 0 Å². The van der Waals surface area contributed by atoms with Crippen molar-refractivity contribution in [2.75, 3.05) is 0 Å². The molecular formula is C26H20N4. The van der Waals surface area contributed by atoms with Crippen LogP contribution in [0.3, 0.4) is 0 Å². The second-order valence-electron chi connectivity index (χ2n) is 6.56. The van der Waals surface area contributed by atoms with Gasteiger partial charge in [0.05, 0.1) is 22.8 Å². The fourth-order valence-electron chi connectivity index (χ4n) is 2.79. The summed E-state index contributed by atoms with van der Waals surface area (Å²) in [4.78, 5) is 0. The molecule has 0 aliphatic heterocycles. The van der Waals surface area contributed by atoms with Gasteiger partial charge in [-0.15, -0.1) is 5.11 Å². The Kier molecular flexibility index (Phi) is 6.28. The summed E-state index contributed by atoms with van der Waals surface area (Å²) in [6, 6.07) is 37.3. The van der Waals surface area contributed by atoms with E-state index < -0.39 is 0 Å². The number of hydrogen-bond donors (Lipinski definition) is 0. The highest BCUT2D eigenvalue weighted by molar-refractivity contribution is 5.81. The van der Waals surface area contributed by atoms with E-state index in [1.807, 2.05) is 121 Å². The van der Waals surface area contributed by atoms with Crippen LogP contribution in [0.2, 0.25) is 0 Å². The lowest BCUT2D eigenvalue weighted by atomic mass is 10.1. The van der Waals surface area contributed by atoms with Crippen molar-refractivity contribution in [1.29, 1.82) is 0 Å². The van der Waals surface area contributed by atoms with Crippen LogP contribution >= 0.6 is 0 Å². The van der Waals surface area contributed by atoms with Gasteiger partial charge in [-0.25, -0.2) is 0 Å². The Morgan fingerprint density at radius 2 is 0.933 bits per heavy atom. The Morgan fingerprint density at radius 1 is 0.467 bits per heavy atom. The number of azo groups is 2. The van der Waals surface area contributed by atoms with Crippen LogP contribution in [0, 0.1) is 0 Å². The van der Waals surface area contributed by atoms with Crippen LogP contribution in [0.5, 0.6) is 0 Å². The van der Waals surface area contributed by atoms with E-state index in [2.05, 4.69) is 20.5 Å². The monoisotopic (exact) mass is 388 g/mol. The highest BCUT2D eigenvalue weighted by Gasteiger charge is 2.02. The van der Waals surface area contributed by atoms with E-state index in [0.717, 1.165) is 33.9 Å². The van der Waals surface area contributed by atoms with Crippen LogP contribution in [0.4, 0.5) is 17.1 Å². The zero-order valence-electron chi connectivity index (χ0n) is 16.3. The Morgan fingerprint density at radius 3 is 1.50 bits per heavy atom. The minimum atomic E-state index is 0.775. The lowest BCUT2D eigenvalue weighted by Gasteiger charge is -2.03. The molecule has 0 aliphatic carbocycles. The molecule has 0 unspecified atom stereocenters. The molecular weight excluding hydrogens is 368 g/mol. The van der Waals surface area contributed by atoms with Crippen molar-refractivity contribution < 1.29 is 0 Å². The molecule has 0 radical (unpaired) electrons. The molecule has 4 aromatic rings. The second kappa shape index (κ2) is 9.85. The normalized spacial score (nSPS) is 11.9. The van der Waals surface area contributed by atoms with Gasteiger partial charge in [-0.3, -0.25) is 0 Å². The summed E-state index contributed by atoms with van der Waals surface area (Å²) >= 11 is 0. The van der Waals surface area contributed by atoms with Crippen molar-refractivity contribution in [3.8, 4) is 0 Å². The van der Waals surface area contributed by atoms with Crippen molar-refractivity contribution in [1.82, 2.24) is 0 Å². The van der Waals surface area contributed by atoms with Gasteiger partial charge in [0.2, 0.25) is 0 Å². The third-order valence-corrected chi connectivity index (χ3v) is 4.33. The minimum Gasteiger partial charge on any atom is -0.151 e. The third-order valence-electron chi connectivity index (χ3n) is 4.33. The largest absolute Gasteiger partial charge is 0.151 e. The number of rotatable bonds is 6. The number of hydrogen-bond acceptors (Lipinski definition) is 4. The average molecular weight is 388 g/mol. The first-order valence-electron chi connectivity index (χ1n) is 9.68. The summed E-state index contributed by atoms with van der Waals surface area (Å²) in [6.45, 7) is 0. The molecule has 0 saturated carbocycles. The molecule has 4 nitrogen and oxygen atoms in total. The summed E-state index contributed by atoms with van der Waals surface area (Å²) in [5, 5.41) is 17.5. The fraction of sp³-hybridized carbons (Fsp3) is 0. The summed E-state index contributed by atoms with van der Waals surface area (Å²) in [5.74, 6) is 0. The van der Waals surface area contributed by atoms with Gasteiger partial charge in [0.15, 0.2) is 0 Å². The predicted molar refractivity (Wildman–Crippen MR) is 122 cm³/mol. The Labute approximate surface area is 176 Å². The van der Waals surface area contributed by atoms with Crippen LogP contribution in [-0.2, 0) is 0 Å². The van der Waals surface area contributed by atoms with Crippen molar-refractivity contribution >= 4 is 28.8 Å². The number of nitrogens with zero attached hydrogens (tertiary/aromatic N) is 4. The SMILES string of the molecule is C(=C(/N=N/c1ccccc1)c1ccc(/N=N/c2ccccc2)cc1)/c1ccccc1. The van der Waals surface area contributed by atoms with E-state index in [9.17, 15) is 0 Å². The summed E-state index contributed by atoms with van der Waals surface area (Å²) in [5.41, 5.74) is 5.20. The highest BCUT2D eigenvalue weighted by Crippen LogP contribution is 2.25. The maximum atomic E-state index is 4.51. The van der Waals surface area contributed by atoms with E-state index in [4.69, 9.17) is 0 Å². The average Bonchev–Trinajstić information content (AvgIpc) is 2.83.